The highest BCUT2D eigenvalue weighted by Crippen LogP contribution is 2.38. The van der Waals surface area contributed by atoms with Crippen molar-refractivity contribution in [1.29, 1.82) is 0 Å². The van der Waals surface area contributed by atoms with E-state index >= 15 is 0 Å². The van der Waals surface area contributed by atoms with Crippen LogP contribution in [0.1, 0.15) is 43.1 Å². The lowest BCUT2D eigenvalue weighted by atomic mass is 9.84. The van der Waals surface area contributed by atoms with E-state index in [1.807, 2.05) is 18.2 Å². The summed E-state index contributed by atoms with van der Waals surface area (Å²) in [6.45, 7) is 7.78. The standard InChI is InChI=1S/C24H28N2O4/c1-15-11-19(15)23(28)26-18-6-4-5-16(12-18)22(27)25-14-24(2,3)17-7-8-20-21(13-17)30-10-9-29-20/h4-8,12-13,15,19H,9-11,14H2,1-3H3,(H,25,27)(H,26,28). The lowest BCUT2D eigenvalue weighted by Crippen LogP contribution is -2.36. The number of amides is 2. The minimum absolute atomic E-state index is 0.0276. The molecule has 1 saturated carbocycles. The maximum Gasteiger partial charge on any atom is 0.251 e. The van der Waals surface area contributed by atoms with Gasteiger partial charge in [0.05, 0.1) is 0 Å². The zero-order valence-corrected chi connectivity index (χ0v) is 17.7. The van der Waals surface area contributed by atoms with E-state index in [-0.39, 0.29) is 23.1 Å². The number of hydrogen-bond donors (Lipinski definition) is 2. The summed E-state index contributed by atoms with van der Waals surface area (Å²) >= 11 is 0. The fourth-order valence-electron chi connectivity index (χ4n) is 3.63. The molecule has 1 aliphatic heterocycles. The third-order valence-electron chi connectivity index (χ3n) is 5.85. The lowest BCUT2D eigenvalue weighted by Gasteiger charge is -2.28. The minimum atomic E-state index is -0.292. The van der Waals surface area contributed by atoms with Crippen LogP contribution in [0, 0.1) is 11.8 Å². The summed E-state index contributed by atoms with van der Waals surface area (Å²) in [6, 6.07) is 13.0. The van der Waals surface area contributed by atoms with Gasteiger partial charge in [-0.3, -0.25) is 9.59 Å². The Hall–Kier alpha value is -3.02. The Morgan fingerprint density at radius 3 is 2.53 bits per heavy atom. The van der Waals surface area contributed by atoms with Gasteiger partial charge in [0.15, 0.2) is 11.5 Å². The molecule has 2 aromatic rings. The van der Waals surface area contributed by atoms with Gasteiger partial charge in [-0.2, -0.15) is 0 Å². The van der Waals surface area contributed by atoms with Gasteiger partial charge < -0.3 is 20.1 Å². The van der Waals surface area contributed by atoms with Crippen molar-refractivity contribution in [1.82, 2.24) is 5.32 Å². The van der Waals surface area contributed by atoms with Gasteiger partial charge in [0, 0.05) is 29.1 Å². The SMILES string of the molecule is CC1CC1C(=O)Nc1cccc(C(=O)NCC(C)(C)c2ccc3c(c2)OCCO3)c1. The first-order chi connectivity index (χ1) is 14.3. The number of carbonyl (C=O) groups excluding carboxylic acids is 2. The maximum atomic E-state index is 12.7. The monoisotopic (exact) mass is 408 g/mol. The average Bonchev–Trinajstić information content (AvgIpc) is 3.48. The summed E-state index contributed by atoms with van der Waals surface area (Å²) in [5, 5.41) is 5.93. The predicted molar refractivity (Wildman–Crippen MR) is 115 cm³/mol. The predicted octanol–water partition coefficient (Wildman–Crippen LogP) is 3.76. The zero-order chi connectivity index (χ0) is 21.3. The van der Waals surface area contributed by atoms with Crippen molar-refractivity contribution in [3.63, 3.8) is 0 Å². The van der Waals surface area contributed by atoms with Crippen molar-refractivity contribution in [2.75, 3.05) is 25.1 Å². The smallest absolute Gasteiger partial charge is 0.251 e. The molecule has 30 heavy (non-hydrogen) atoms. The number of carbonyl (C=O) groups is 2. The van der Waals surface area contributed by atoms with Gasteiger partial charge in [-0.25, -0.2) is 0 Å². The number of ether oxygens (including phenoxy) is 2. The van der Waals surface area contributed by atoms with E-state index in [1.165, 1.54) is 0 Å². The first-order valence-electron chi connectivity index (χ1n) is 10.4. The molecule has 2 unspecified atom stereocenters. The van der Waals surface area contributed by atoms with Crippen LogP contribution in [-0.4, -0.2) is 31.6 Å². The molecule has 4 rings (SSSR count). The van der Waals surface area contributed by atoms with Gasteiger partial charge in [0.2, 0.25) is 5.91 Å². The molecule has 2 amide bonds. The summed E-state index contributed by atoms with van der Waals surface area (Å²) in [4.78, 5) is 24.9. The zero-order valence-electron chi connectivity index (χ0n) is 17.7. The largest absolute Gasteiger partial charge is 0.486 e. The Morgan fingerprint density at radius 1 is 1.07 bits per heavy atom. The van der Waals surface area contributed by atoms with Crippen LogP contribution in [0.25, 0.3) is 0 Å². The number of rotatable bonds is 6. The molecule has 2 N–H and O–H groups in total. The van der Waals surface area contributed by atoms with Crippen LogP contribution in [0.15, 0.2) is 42.5 Å². The van der Waals surface area contributed by atoms with E-state index in [0.717, 1.165) is 23.5 Å². The van der Waals surface area contributed by atoms with Gasteiger partial charge >= 0.3 is 0 Å². The van der Waals surface area contributed by atoms with Crippen LogP contribution in [-0.2, 0) is 10.2 Å². The summed E-state index contributed by atoms with van der Waals surface area (Å²) < 4.78 is 11.3. The number of nitrogens with one attached hydrogen (secondary N) is 2. The third kappa shape index (κ3) is 4.42. The van der Waals surface area contributed by atoms with Crippen molar-refractivity contribution in [2.45, 2.75) is 32.6 Å². The van der Waals surface area contributed by atoms with Gasteiger partial charge in [0.25, 0.3) is 5.91 Å². The molecule has 1 heterocycles. The molecule has 6 nitrogen and oxygen atoms in total. The van der Waals surface area contributed by atoms with Crippen molar-refractivity contribution in [2.24, 2.45) is 11.8 Å². The fourth-order valence-corrected chi connectivity index (χ4v) is 3.63. The van der Waals surface area contributed by atoms with Crippen LogP contribution in [0.5, 0.6) is 11.5 Å². The molecule has 2 aromatic carbocycles. The molecule has 1 fully saturated rings. The second kappa shape index (κ2) is 8.01. The van der Waals surface area contributed by atoms with Crippen LogP contribution in [0.4, 0.5) is 5.69 Å². The first kappa shape index (κ1) is 20.3. The number of benzene rings is 2. The number of anilines is 1. The van der Waals surface area contributed by atoms with Crippen LogP contribution < -0.4 is 20.1 Å². The van der Waals surface area contributed by atoms with Gasteiger partial charge in [-0.1, -0.05) is 32.9 Å². The second-order valence-corrected chi connectivity index (χ2v) is 8.81. The van der Waals surface area contributed by atoms with Gasteiger partial charge in [-0.05, 0) is 48.2 Å². The van der Waals surface area contributed by atoms with E-state index < -0.39 is 0 Å². The summed E-state index contributed by atoms with van der Waals surface area (Å²) in [5.74, 6) is 1.89. The Kier molecular flexibility index (Phi) is 5.41. The van der Waals surface area contributed by atoms with Crippen LogP contribution >= 0.6 is 0 Å². The molecule has 2 atom stereocenters. The molecular formula is C24H28N2O4. The fraction of sp³-hybridized carbons (Fsp3) is 0.417. The Bertz CT molecular complexity index is 969. The highest BCUT2D eigenvalue weighted by atomic mass is 16.6. The van der Waals surface area contributed by atoms with Gasteiger partial charge in [0.1, 0.15) is 13.2 Å². The Balaban J connectivity index is 1.39. The molecule has 0 bridgehead atoms. The molecule has 1 aliphatic carbocycles. The number of fused-ring (bicyclic) bond motifs is 1. The van der Waals surface area contributed by atoms with Crippen molar-refractivity contribution >= 4 is 17.5 Å². The van der Waals surface area contributed by atoms with Gasteiger partial charge in [-0.15, -0.1) is 0 Å². The van der Waals surface area contributed by atoms with Crippen LogP contribution in [0.2, 0.25) is 0 Å². The highest BCUT2D eigenvalue weighted by molar-refractivity contribution is 5.98. The normalized spacial score (nSPS) is 19.7. The second-order valence-electron chi connectivity index (χ2n) is 8.81. The third-order valence-corrected chi connectivity index (χ3v) is 5.85. The molecule has 158 valence electrons. The number of hydrogen-bond acceptors (Lipinski definition) is 4. The van der Waals surface area contributed by atoms with E-state index in [2.05, 4.69) is 31.4 Å². The lowest BCUT2D eigenvalue weighted by molar-refractivity contribution is -0.117. The first-order valence-corrected chi connectivity index (χ1v) is 10.4. The summed E-state index contributed by atoms with van der Waals surface area (Å²) in [5.41, 5.74) is 1.94. The van der Waals surface area contributed by atoms with E-state index in [4.69, 9.17) is 9.47 Å². The minimum Gasteiger partial charge on any atom is -0.486 e. The molecular weight excluding hydrogens is 380 g/mol. The molecule has 6 heteroatoms. The topological polar surface area (TPSA) is 76.7 Å². The van der Waals surface area contributed by atoms with Crippen molar-refractivity contribution < 1.29 is 19.1 Å². The molecule has 0 radical (unpaired) electrons. The van der Waals surface area contributed by atoms with Crippen molar-refractivity contribution in [3.8, 4) is 11.5 Å². The highest BCUT2D eigenvalue weighted by Gasteiger charge is 2.39. The molecule has 2 aliphatic rings. The Morgan fingerprint density at radius 2 is 1.80 bits per heavy atom. The quantitative estimate of drug-likeness (QED) is 0.763. The van der Waals surface area contributed by atoms with Crippen LogP contribution in [0.3, 0.4) is 0 Å². The molecule has 0 saturated heterocycles. The average molecular weight is 408 g/mol. The molecule has 0 aromatic heterocycles. The Labute approximate surface area is 177 Å². The maximum absolute atomic E-state index is 12.7. The summed E-state index contributed by atoms with van der Waals surface area (Å²) in [7, 11) is 0. The van der Waals surface area contributed by atoms with E-state index in [0.29, 0.717) is 36.9 Å². The van der Waals surface area contributed by atoms with E-state index in [1.54, 1.807) is 24.3 Å². The summed E-state index contributed by atoms with van der Waals surface area (Å²) in [6.07, 6.45) is 0.931. The van der Waals surface area contributed by atoms with Crippen molar-refractivity contribution in [3.05, 3.63) is 53.6 Å². The van der Waals surface area contributed by atoms with E-state index in [9.17, 15) is 9.59 Å². The molecule has 0 spiro atoms.